The quantitative estimate of drug-likeness (QED) is 0.810. The average molecular weight is 365 g/mol. The number of nitrogens with one attached hydrogen (secondary N) is 1. The van der Waals surface area contributed by atoms with Crippen molar-refractivity contribution in [3.63, 3.8) is 0 Å². The number of rotatable bonds is 6. The number of likely N-dealkylation sites (N-methyl/N-ethyl adjacent to an activating group) is 1. The molecule has 1 aromatic carbocycles. The molecule has 146 valence electrons. The van der Waals surface area contributed by atoms with E-state index in [9.17, 15) is 14.3 Å². The molecule has 0 bridgehead atoms. The summed E-state index contributed by atoms with van der Waals surface area (Å²) in [4.78, 5) is 17.2. The van der Waals surface area contributed by atoms with Crippen LogP contribution in [0.5, 0.6) is 0 Å². The van der Waals surface area contributed by atoms with Crippen molar-refractivity contribution in [1.82, 2.24) is 15.1 Å². The van der Waals surface area contributed by atoms with E-state index < -0.39 is 11.4 Å². The van der Waals surface area contributed by atoms with Crippen molar-refractivity contribution < 1.29 is 14.3 Å². The van der Waals surface area contributed by atoms with E-state index in [4.69, 9.17) is 0 Å². The van der Waals surface area contributed by atoms with Crippen LogP contribution in [0.1, 0.15) is 42.6 Å². The summed E-state index contributed by atoms with van der Waals surface area (Å²) in [5.74, 6) is -0.638. The van der Waals surface area contributed by atoms with Crippen LogP contribution in [0.2, 0.25) is 0 Å². The van der Waals surface area contributed by atoms with Crippen LogP contribution in [0.3, 0.4) is 0 Å². The van der Waals surface area contributed by atoms with E-state index in [1.165, 1.54) is 12.1 Å². The van der Waals surface area contributed by atoms with Crippen molar-refractivity contribution >= 4 is 5.91 Å². The molecular formula is C20H32FN3O2. The van der Waals surface area contributed by atoms with Crippen LogP contribution in [0, 0.1) is 12.7 Å². The van der Waals surface area contributed by atoms with Gasteiger partial charge in [0.25, 0.3) is 5.91 Å². The molecule has 1 aliphatic rings. The summed E-state index contributed by atoms with van der Waals surface area (Å²) in [5.41, 5.74) is -0.0438. The lowest BCUT2D eigenvalue weighted by molar-refractivity contribution is 0.0276. The van der Waals surface area contributed by atoms with Crippen LogP contribution in [0.25, 0.3) is 0 Å². The number of nitrogens with zero attached hydrogens (tertiary/aromatic N) is 2. The van der Waals surface area contributed by atoms with Gasteiger partial charge in [-0.15, -0.1) is 0 Å². The van der Waals surface area contributed by atoms with Gasteiger partial charge in [0.15, 0.2) is 0 Å². The maximum atomic E-state index is 13.6. The Balaban J connectivity index is 2.19. The third-order valence-corrected chi connectivity index (χ3v) is 5.00. The molecule has 0 aliphatic carbocycles. The Morgan fingerprint density at radius 2 is 2.00 bits per heavy atom. The number of carbonyl (C=O) groups excluding carboxylic acids is 1. The lowest BCUT2D eigenvalue weighted by atomic mass is 9.86. The first-order valence-electron chi connectivity index (χ1n) is 9.18. The molecule has 0 saturated carbocycles. The number of aryl methyl sites for hydroxylation is 1. The predicted octanol–water partition coefficient (Wildman–Crippen LogP) is 2.03. The lowest BCUT2D eigenvalue weighted by Crippen LogP contribution is -2.60. The SMILES string of the molecule is Cc1ccc(F)cc1C(=O)NC1(CN(C)CC(C)(C)O)CCN(C)CC1. The van der Waals surface area contributed by atoms with E-state index >= 15 is 0 Å². The Kier molecular flexibility index (Phi) is 6.42. The second kappa shape index (κ2) is 8.03. The zero-order valence-electron chi connectivity index (χ0n) is 16.6. The molecule has 0 spiro atoms. The van der Waals surface area contributed by atoms with Gasteiger partial charge in [-0.3, -0.25) is 4.79 Å². The van der Waals surface area contributed by atoms with Gasteiger partial charge in [-0.2, -0.15) is 0 Å². The number of hydrogen-bond donors (Lipinski definition) is 2. The van der Waals surface area contributed by atoms with Crippen molar-refractivity contribution in [2.24, 2.45) is 0 Å². The van der Waals surface area contributed by atoms with Gasteiger partial charge in [0.2, 0.25) is 0 Å². The molecule has 1 amide bonds. The second-order valence-corrected chi connectivity index (χ2v) is 8.48. The largest absolute Gasteiger partial charge is 0.389 e. The Hall–Kier alpha value is -1.50. The standard InChI is InChI=1S/C20H32FN3O2/c1-15-6-7-16(21)12-17(15)18(25)22-20(8-10-23(4)11-9-20)14-24(5)13-19(2,3)26/h6-7,12,26H,8-11,13-14H2,1-5H3,(H,22,25). The first-order chi connectivity index (χ1) is 12.0. The molecule has 2 N–H and O–H groups in total. The van der Waals surface area contributed by atoms with E-state index in [0.717, 1.165) is 31.5 Å². The van der Waals surface area contributed by atoms with E-state index in [-0.39, 0.29) is 11.4 Å². The highest BCUT2D eigenvalue weighted by molar-refractivity contribution is 5.96. The zero-order chi connectivity index (χ0) is 19.5. The Labute approximate surface area is 156 Å². The van der Waals surface area contributed by atoms with Crippen LogP contribution in [0.15, 0.2) is 18.2 Å². The monoisotopic (exact) mass is 365 g/mol. The van der Waals surface area contributed by atoms with E-state index in [0.29, 0.717) is 18.7 Å². The Morgan fingerprint density at radius 3 is 2.58 bits per heavy atom. The van der Waals surface area contributed by atoms with Gasteiger partial charge >= 0.3 is 0 Å². The fourth-order valence-electron chi connectivity index (χ4n) is 3.75. The fraction of sp³-hybridized carbons (Fsp3) is 0.650. The molecule has 0 unspecified atom stereocenters. The highest BCUT2D eigenvalue weighted by Crippen LogP contribution is 2.24. The molecule has 1 aromatic rings. The predicted molar refractivity (Wildman–Crippen MR) is 102 cm³/mol. The minimum atomic E-state index is -0.801. The minimum Gasteiger partial charge on any atom is -0.389 e. The van der Waals surface area contributed by atoms with Crippen molar-refractivity contribution in [1.29, 1.82) is 0 Å². The second-order valence-electron chi connectivity index (χ2n) is 8.48. The van der Waals surface area contributed by atoms with Gasteiger partial charge in [-0.1, -0.05) is 6.07 Å². The molecule has 1 fully saturated rings. The topological polar surface area (TPSA) is 55.8 Å². The first kappa shape index (κ1) is 20.8. The molecule has 26 heavy (non-hydrogen) atoms. The lowest BCUT2D eigenvalue weighted by Gasteiger charge is -2.44. The first-order valence-corrected chi connectivity index (χ1v) is 9.18. The number of likely N-dealkylation sites (tertiary alicyclic amines) is 1. The maximum absolute atomic E-state index is 13.6. The number of piperidine rings is 1. The summed E-state index contributed by atoms with van der Waals surface area (Å²) in [7, 11) is 4.03. The number of aliphatic hydroxyl groups is 1. The highest BCUT2D eigenvalue weighted by Gasteiger charge is 2.37. The summed E-state index contributed by atoms with van der Waals surface area (Å²) >= 11 is 0. The molecule has 5 nitrogen and oxygen atoms in total. The van der Waals surface area contributed by atoms with Gasteiger partial charge in [0.1, 0.15) is 5.82 Å². The van der Waals surface area contributed by atoms with Gasteiger partial charge < -0.3 is 20.2 Å². The summed E-state index contributed by atoms with van der Waals surface area (Å²) in [6, 6.07) is 4.30. The highest BCUT2D eigenvalue weighted by atomic mass is 19.1. The van der Waals surface area contributed by atoms with Crippen molar-refractivity contribution in [2.45, 2.75) is 44.8 Å². The summed E-state index contributed by atoms with van der Waals surface area (Å²) in [6.45, 7) is 8.30. The maximum Gasteiger partial charge on any atom is 0.252 e. The number of benzene rings is 1. The van der Waals surface area contributed by atoms with Gasteiger partial charge in [0.05, 0.1) is 11.1 Å². The van der Waals surface area contributed by atoms with Crippen LogP contribution < -0.4 is 5.32 Å². The third-order valence-electron chi connectivity index (χ3n) is 5.00. The van der Waals surface area contributed by atoms with Crippen LogP contribution in [-0.2, 0) is 0 Å². The van der Waals surface area contributed by atoms with Gasteiger partial charge in [-0.05, 0) is 65.4 Å². The van der Waals surface area contributed by atoms with E-state index in [1.54, 1.807) is 19.9 Å². The van der Waals surface area contributed by atoms with Gasteiger partial charge in [-0.25, -0.2) is 4.39 Å². The third kappa shape index (κ3) is 5.76. The Bertz CT molecular complexity index is 634. The summed E-state index contributed by atoms with van der Waals surface area (Å²) in [5, 5.41) is 13.3. The van der Waals surface area contributed by atoms with E-state index in [1.807, 2.05) is 14.0 Å². The summed E-state index contributed by atoms with van der Waals surface area (Å²) < 4.78 is 13.6. The van der Waals surface area contributed by atoms with Crippen LogP contribution in [0.4, 0.5) is 4.39 Å². The normalized spacial score (nSPS) is 18.2. The van der Waals surface area contributed by atoms with Crippen molar-refractivity contribution in [3.8, 4) is 0 Å². The smallest absolute Gasteiger partial charge is 0.252 e. The van der Waals surface area contributed by atoms with Gasteiger partial charge in [0, 0.05) is 31.7 Å². The Morgan fingerprint density at radius 1 is 1.38 bits per heavy atom. The molecule has 2 rings (SSSR count). The molecule has 1 saturated heterocycles. The molecule has 6 heteroatoms. The molecule has 0 radical (unpaired) electrons. The molecular weight excluding hydrogens is 333 g/mol. The number of amides is 1. The zero-order valence-corrected chi connectivity index (χ0v) is 16.6. The van der Waals surface area contributed by atoms with E-state index in [2.05, 4.69) is 22.2 Å². The van der Waals surface area contributed by atoms with Crippen molar-refractivity contribution in [2.75, 3.05) is 40.3 Å². The fourth-order valence-corrected chi connectivity index (χ4v) is 3.75. The molecule has 0 aromatic heterocycles. The summed E-state index contributed by atoms with van der Waals surface area (Å²) in [6.07, 6.45) is 1.64. The number of halogens is 1. The molecule has 1 aliphatic heterocycles. The van der Waals surface area contributed by atoms with Crippen molar-refractivity contribution in [3.05, 3.63) is 35.1 Å². The van der Waals surface area contributed by atoms with Crippen LogP contribution >= 0.6 is 0 Å². The molecule has 0 atom stereocenters. The minimum absolute atomic E-state index is 0.233. The number of hydrogen-bond acceptors (Lipinski definition) is 4. The number of carbonyl (C=O) groups is 1. The average Bonchev–Trinajstić information content (AvgIpc) is 2.50. The van der Waals surface area contributed by atoms with Crippen LogP contribution in [-0.4, -0.2) is 72.2 Å². The molecule has 1 heterocycles.